The predicted molar refractivity (Wildman–Crippen MR) is 88.6 cm³/mol. The Morgan fingerprint density at radius 2 is 1.00 bits per heavy atom. The third-order valence-corrected chi connectivity index (χ3v) is 3.86. The lowest BCUT2D eigenvalue weighted by Gasteiger charge is -2.06. The van der Waals surface area contributed by atoms with Crippen LogP contribution in [0.4, 0.5) is 0 Å². The monoisotopic (exact) mass is 322 g/mol. The van der Waals surface area contributed by atoms with E-state index in [0.29, 0.717) is 26.4 Å². The van der Waals surface area contributed by atoms with Gasteiger partial charge in [0.05, 0.1) is 52.2 Å². The van der Waals surface area contributed by atoms with E-state index in [1.54, 1.807) is 0 Å². The van der Waals surface area contributed by atoms with Crippen LogP contribution in [0.1, 0.15) is 0 Å². The molecular weight excluding hydrogens is 296 g/mol. The molecule has 0 aromatic heterocycles. The fourth-order valence-electron chi connectivity index (χ4n) is 1.14. The van der Waals surface area contributed by atoms with E-state index in [-0.39, 0.29) is 0 Å². The highest BCUT2D eigenvalue weighted by atomic mass is 32.2. The van der Waals surface area contributed by atoms with Gasteiger partial charge >= 0.3 is 0 Å². The summed E-state index contributed by atoms with van der Waals surface area (Å²) in [7, 11) is 0. The van der Waals surface area contributed by atoms with Crippen LogP contribution in [-0.4, -0.2) is 62.7 Å². The quantitative estimate of drug-likeness (QED) is 0.303. The van der Waals surface area contributed by atoms with E-state index in [0.717, 1.165) is 36.2 Å². The van der Waals surface area contributed by atoms with E-state index in [1.165, 1.54) is 12.5 Å². The van der Waals surface area contributed by atoms with Gasteiger partial charge < -0.3 is 18.9 Å². The van der Waals surface area contributed by atoms with Crippen molar-refractivity contribution in [3.8, 4) is 0 Å². The molecule has 20 heavy (non-hydrogen) atoms. The molecule has 4 nitrogen and oxygen atoms in total. The molecule has 0 N–H and O–H groups in total. The Morgan fingerprint density at radius 3 is 1.40 bits per heavy atom. The van der Waals surface area contributed by atoms with Crippen molar-refractivity contribution in [3.05, 3.63) is 25.7 Å². The van der Waals surface area contributed by atoms with Crippen molar-refractivity contribution in [1.29, 1.82) is 0 Å². The summed E-state index contributed by atoms with van der Waals surface area (Å²) in [4.78, 5) is 0. The van der Waals surface area contributed by atoms with Crippen LogP contribution in [0, 0.1) is 0 Å². The zero-order valence-electron chi connectivity index (χ0n) is 12.1. The summed E-state index contributed by atoms with van der Waals surface area (Å²) in [6, 6.07) is 0. The van der Waals surface area contributed by atoms with Crippen LogP contribution in [0.3, 0.4) is 0 Å². The average Bonchev–Trinajstić information content (AvgIpc) is 2.47. The number of hydrogen-bond donors (Lipinski definition) is 0. The van der Waals surface area contributed by atoms with Gasteiger partial charge in [0.25, 0.3) is 0 Å². The third kappa shape index (κ3) is 17.7. The van der Waals surface area contributed by atoms with Crippen LogP contribution in [0.25, 0.3) is 0 Å². The Balaban J connectivity index is 2.92. The maximum atomic E-state index is 5.46. The van der Waals surface area contributed by atoms with Gasteiger partial charge in [0.2, 0.25) is 0 Å². The Kier molecular flexibility index (Phi) is 18.4. The first-order valence-electron chi connectivity index (χ1n) is 6.67. The molecular formula is C14H26O4S2. The van der Waals surface area contributed by atoms with Crippen molar-refractivity contribution in [1.82, 2.24) is 0 Å². The Hall–Kier alpha value is -0.300. The molecule has 0 aromatic rings. The summed E-state index contributed by atoms with van der Waals surface area (Å²) in [6.07, 6.45) is 2.94. The molecule has 0 saturated carbocycles. The van der Waals surface area contributed by atoms with Gasteiger partial charge in [0, 0.05) is 23.0 Å². The number of thioether (sulfide) groups is 2. The molecule has 0 aliphatic rings. The molecule has 0 spiro atoms. The molecule has 118 valence electrons. The van der Waals surface area contributed by atoms with E-state index >= 15 is 0 Å². The van der Waals surface area contributed by atoms with E-state index in [1.807, 2.05) is 23.5 Å². The largest absolute Gasteiger partial charge is 0.501 e. The van der Waals surface area contributed by atoms with Gasteiger partial charge in [-0.25, -0.2) is 0 Å². The second-order valence-electron chi connectivity index (χ2n) is 3.52. The lowest BCUT2D eigenvalue weighted by atomic mass is 10.7. The van der Waals surface area contributed by atoms with Crippen molar-refractivity contribution >= 4 is 23.5 Å². The Labute approximate surface area is 131 Å². The van der Waals surface area contributed by atoms with Crippen LogP contribution >= 0.6 is 23.5 Å². The summed E-state index contributed by atoms with van der Waals surface area (Å²) >= 11 is 3.63. The molecule has 0 heterocycles. The van der Waals surface area contributed by atoms with E-state index in [4.69, 9.17) is 18.9 Å². The summed E-state index contributed by atoms with van der Waals surface area (Å²) in [6.45, 7) is 11.2. The number of ether oxygens (including phenoxy) is 4. The molecule has 0 rings (SSSR count). The lowest BCUT2D eigenvalue weighted by molar-refractivity contribution is 0.0605. The first kappa shape index (κ1) is 19.7. The third-order valence-electron chi connectivity index (χ3n) is 2.04. The molecule has 0 amide bonds. The lowest BCUT2D eigenvalue weighted by Crippen LogP contribution is -2.09. The molecule has 0 aliphatic heterocycles. The first-order chi connectivity index (χ1) is 9.91. The average molecular weight is 322 g/mol. The highest BCUT2D eigenvalue weighted by molar-refractivity contribution is 7.99. The van der Waals surface area contributed by atoms with Crippen LogP contribution in [0.2, 0.25) is 0 Å². The number of rotatable bonds is 17. The van der Waals surface area contributed by atoms with Gasteiger partial charge in [-0.1, -0.05) is 13.2 Å². The topological polar surface area (TPSA) is 36.9 Å². The van der Waals surface area contributed by atoms with Crippen LogP contribution in [0.5, 0.6) is 0 Å². The molecule has 0 atom stereocenters. The summed E-state index contributed by atoms with van der Waals surface area (Å²) in [5.74, 6) is 3.91. The van der Waals surface area contributed by atoms with E-state index < -0.39 is 0 Å². The minimum Gasteiger partial charge on any atom is -0.501 e. The van der Waals surface area contributed by atoms with E-state index in [9.17, 15) is 0 Å². The molecule has 0 unspecified atom stereocenters. The molecule has 0 aliphatic carbocycles. The van der Waals surface area contributed by atoms with E-state index in [2.05, 4.69) is 13.2 Å². The van der Waals surface area contributed by atoms with Gasteiger partial charge in [-0.05, 0) is 0 Å². The smallest absolute Gasteiger partial charge is 0.0963 e. The molecule has 0 bridgehead atoms. The SMILES string of the molecule is C=COCCSCCOCCOCCSCCOC=C. The zero-order valence-corrected chi connectivity index (χ0v) is 13.7. The minimum atomic E-state index is 0.661. The normalized spacial score (nSPS) is 10.2. The van der Waals surface area contributed by atoms with Gasteiger partial charge in [0.15, 0.2) is 0 Å². The maximum Gasteiger partial charge on any atom is 0.0963 e. The number of hydrogen-bond acceptors (Lipinski definition) is 6. The Bertz CT molecular complexity index is 193. The second kappa shape index (κ2) is 18.7. The van der Waals surface area contributed by atoms with Crippen molar-refractivity contribution in [2.75, 3.05) is 62.7 Å². The fraction of sp³-hybridized carbons (Fsp3) is 0.714. The molecule has 0 fully saturated rings. The van der Waals surface area contributed by atoms with Crippen molar-refractivity contribution in [2.24, 2.45) is 0 Å². The Morgan fingerprint density at radius 1 is 0.600 bits per heavy atom. The van der Waals surface area contributed by atoms with Gasteiger partial charge in [-0.15, -0.1) is 0 Å². The second-order valence-corrected chi connectivity index (χ2v) is 5.97. The highest BCUT2D eigenvalue weighted by Crippen LogP contribution is 2.00. The molecule has 0 aromatic carbocycles. The van der Waals surface area contributed by atoms with Crippen molar-refractivity contribution < 1.29 is 18.9 Å². The fourth-order valence-corrected chi connectivity index (χ4v) is 2.45. The predicted octanol–water partition coefficient (Wildman–Crippen LogP) is 2.81. The standard InChI is InChI=1S/C14H26O4S2/c1-3-15-7-11-19-13-9-17-5-6-18-10-14-20-12-8-16-4-2/h3-4H,1-2,5-14H2. The summed E-state index contributed by atoms with van der Waals surface area (Å²) < 4.78 is 20.9. The van der Waals surface area contributed by atoms with Crippen LogP contribution < -0.4 is 0 Å². The zero-order chi connectivity index (χ0) is 14.7. The summed E-state index contributed by atoms with van der Waals surface area (Å²) in [5, 5.41) is 0. The molecule has 0 saturated heterocycles. The van der Waals surface area contributed by atoms with Gasteiger partial charge in [0.1, 0.15) is 0 Å². The van der Waals surface area contributed by atoms with Gasteiger partial charge in [-0.3, -0.25) is 0 Å². The van der Waals surface area contributed by atoms with Crippen molar-refractivity contribution in [2.45, 2.75) is 0 Å². The van der Waals surface area contributed by atoms with Crippen molar-refractivity contribution in [3.63, 3.8) is 0 Å². The van der Waals surface area contributed by atoms with Gasteiger partial charge in [-0.2, -0.15) is 23.5 Å². The molecule has 0 radical (unpaired) electrons. The summed E-state index contributed by atoms with van der Waals surface area (Å²) in [5.41, 5.74) is 0. The molecule has 6 heteroatoms. The minimum absolute atomic E-state index is 0.661. The maximum absolute atomic E-state index is 5.46. The highest BCUT2D eigenvalue weighted by Gasteiger charge is 1.93. The van der Waals surface area contributed by atoms with Crippen LogP contribution in [0.15, 0.2) is 25.7 Å². The first-order valence-corrected chi connectivity index (χ1v) is 8.98. The van der Waals surface area contributed by atoms with Crippen LogP contribution in [-0.2, 0) is 18.9 Å².